The second-order valence-electron chi connectivity index (χ2n) is 2.23. The number of hydrogen-bond acceptors (Lipinski definition) is 3. The molecule has 0 amide bonds. The quantitative estimate of drug-likeness (QED) is 0.505. The predicted molar refractivity (Wildman–Crippen MR) is 41.4 cm³/mol. The van der Waals surface area contributed by atoms with Crippen LogP contribution in [-0.4, -0.2) is 4.98 Å². The normalized spacial score (nSPS) is 11.6. The maximum absolute atomic E-state index is 8.31. The van der Waals surface area contributed by atoms with Crippen LogP contribution in [0.15, 0.2) is 24.4 Å². The molecule has 0 aliphatic rings. The van der Waals surface area contributed by atoms with Crippen LogP contribution in [0.5, 0.6) is 0 Å². The van der Waals surface area contributed by atoms with Crippen molar-refractivity contribution < 1.29 is 0 Å². The molecular weight excluding hydrogens is 138 g/mol. The van der Waals surface area contributed by atoms with Gasteiger partial charge in [0.15, 0.2) is 6.19 Å². The highest BCUT2D eigenvalue weighted by Gasteiger charge is 2.02. The lowest BCUT2D eigenvalue weighted by Crippen LogP contribution is -2.12. The van der Waals surface area contributed by atoms with Crippen molar-refractivity contribution in [1.82, 2.24) is 10.3 Å². The molecule has 0 fully saturated rings. The number of nitrogens with one attached hydrogen (secondary N) is 1. The number of hydrogen-bond donors (Lipinski definition) is 1. The molecule has 56 valence electrons. The van der Waals surface area contributed by atoms with Gasteiger partial charge in [-0.15, -0.1) is 0 Å². The number of aromatic nitrogens is 1. The van der Waals surface area contributed by atoms with Gasteiger partial charge >= 0.3 is 0 Å². The maximum Gasteiger partial charge on any atom is 0.177 e. The van der Waals surface area contributed by atoms with Crippen LogP contribution in [0.25, 0.3) is 0 Å². The van der Waals surface area contributed by atoms with Gasteiger partial charge in [0.1, 0.15) is 0 Å². The Morgan fingerprint density at radius 3 is 3.00 bits per heavy atom. The second-order valence-corrected chi connectivity index (χ2v) is 2.23. The minimum absolute atomic E-state index is 0.00111. The molecule has 1 rings (SSSR count). The van der Waals surface area contributed by atoms with Crippen LogP contribution in [0.1, 0.15) is 18.7 Å². The van der Waals surface area contributed by atoms with Crippen molar-refractivity contribution in [3.8, 4) is 6.19 Å². The Hall–Kier alpha value is -1.56. The summed E-state index contributed by atoms with van der Waals surface area (Å²) in [5.74, 6) is 0. The van der Waals surface area contributed by atoms with Crippen LogP contribution in [0.2, 0.25) is 0 Å². The molecule has 11 heavy (non-hydrogen) atoms. The van der Waals surface area contributed by atoms with Crippen LogP contribution in [-0.2, 0) is 0 Å². The minimum Gasteiger partial charge on any atom is -0.315 e. The van der Waals surface area contributed by atoms with E-state index in [9.17, 15) is 0 Å². The molecule has 0 aromatic carbocycles. The summed E-state index contributed by atoms with van der Waals surface area (Å²) in [5.41, 5.74) is 0.883. The van der Waals surface area contributed by atoms with E-state index in [4.69, 9.17) is 5.26 Å². The van der Waals surface area contributed by atoms with Crippen molar-refractivity contribution in [2.45, 2.75) is 13.0 Å². The van der Waals surface area contributed by atoms with Crippen molar-refractivity contribution in [3.63, 3.8) is 0 Å². The van der Waals surface area contributed by atoms with Gasteiger partial charge in [-0.2, -0.15) is 5.26 Å². The second kappa shape index (κ2) is 3.57. The van der Waals surface area contributed by atoms with E-state index in [1.165, 1.54) is 0 Å². The Kier molecular flexibility index (Phi) is 2.45. The molecule has 0 aliphatic carbocycles. The smallest absolute Gasteiger partial charge is 0.177 e. The third-order valence-corrected chi connectivity index (χ3v) is 1.41. The van der Waals surface area contributed by atoms with Crippen molar-refractivity contribution in [2.75, 3.05) is 0 Å². The molecule has 0 aliphatic heterocycles. The van der Waals surface area contributed by atoms with E-state index in [1.807, 2.05) is 31.3 Å². The fourth-order valence-electron chi connectivity index (χ4n) is 0.803. The van der Waals surface area contributed by atoms with Gasteiger partial charge in [-0.05, 0) is 19.1 Å². The zero-order chi connectivity index (χ0) is 8.10. The Balaban J connectivity index is 2.70. The lowest BCUT2D eigenvalue weighted by molar-refractivity contribution is 0.674. The predicted octanol–water partition coefficient (Wildman–Crippen LogP) is 1.21. The summed E-state index contributed by atoms with van der Waals surface area (Å²) in [5, 5.41) is 10.9. The number of nitrogens with zero attached hydrogens (tertiary/aromatic N) is 2. The van der Waals surface area contributed by atoms with E-state index in [2.05, 4.69) is 10.3 Å². The molecule has 1 aromatic rings. The Labute approximate surface area is 65.7 Å². The molecule has 1 heterocycles. The molecule has 0 saturated carbocycles. The Bertz CT molecular complexity index is 250. The molecule has 0 unspecified atom stereocenters. The van der Waals surface area contributed by atoms with Gasteiger partial charge in [0.2, 0.25) is 0 Å². The maximum atomic E-state index is 8.31. The van der Waals surface area contributed by atoms with Gasteiger partial charge < -0.3 is 5.32 Å². The van der Waals surface area contributed by atoms with E-state index in [0.29, 0.717) is 0 Å². The van der Waals surface area contributed by atoms with Gasteiger partial charge in [-0.3, -0.25) is 4.98 Å². The van der Waals surface area contributed by atoms with E-state index < -0.39 is 0 Å². The lowest BCUT2D eigenvalue weighted by atomic mass is 10.2. The fourth-order valence-corrected chi connectivity index (χ4v) is 0.803. The molecule has 1 aromatic heterocycles. The molecule has 1 N–H and O–H groups in total. The monoisotopic (exact) mass is 147 g/mol. The van der Waals surface area contributed by atoms with E-state index in [0.717, 1.165) is 5.69 Å². The lowest BCUT2D eigenvalue weighted by Gasteiger charge is -2.06. The highest BCUT2D eigenvalue weighted by molar-refractivity contribution is 5.08. The van der Waals surface area contributed by atoms with Crippen molar-refractivity contribution in [2.24, 2.45) is 0 Å². The zero-order valence-corrected chi connectivity index (χ0v) is 6.28. The first-order valence-corrected chi connectivity index (χ1v) is 3.40. The molecule has 3 nitrogen and oxygen atoms in total. The van der Waals surface area contributed by atoms with Gasteiger partial charge in [0.25, 0.3) is 0 Å². The van der Waals surface area contributed by atoms with Crippen LogP contribution in [0.3, 0.4) is 0 Å². The molecule has 1 atom stereocenters. The minimum atomic E-state index is 0.00111. The van der Waals surface area contributed by atoms with Gasteiger partial charge in [0, 0.05) is 6.20 Å². The summed E-state index contributed by atoms with van der Waals surface area (Å²) in [6.07, 6.45) is 3.59. The standard InChI is InChI=1S/C8H9N3/c1-7(11-6-9)8-4-2-3-5-10-8/h2-5,7,11H,1H3/t7-/m0/s1. The van der Waals surface area contributed by atoms with Crippen LogP contribution >= 0.6 is 0 Å². The number of rotatable bonds is 2. The van der Waals surface area contributed by atoms with Gasteiger partial charge in [-0.1, -0.05) is 6.07 Å². The van der Waals surface area contributed by atoms with Gasteiger partial charge in [0.05, 0.1) is 11.7 Å². The molecule has 0 bridgehead atoms. The highest BCUT2D eigenvalue weighted by atomic mass is 14.9. The summed E-state index contributed by atoms with van der Waals surface area (Å²) in [6, 6.07) is 5.64. The molecule has 0 saturated heterocycles. The first kappa shape index (κ1) is 7.55. The third-order valence-electron chi connectivity index (χ3n) is 1.41. The van der Waals surface area contributed by atoms with E-state index in [-0.39, 0.29) is 6.04 Å². The van der Waals surface area contributed by atoms with Crippen LogP contribution in [0.4, 0.5) is 0 Å². The van der Waals surface area contributed by atoms with Gasteiger partial charge in [-0.25, -0.2) is 0 Å². The third kappa shape index (κ3) is 1.94. The van der Waals surface area contributed by atoms with Crippen LogP contribution in [0, 0.1) is 11.5 Å². The molecule has 0 spiro atoms. The average molecular weight is 147 g/mol. The highest BCUT2D eigenvalue weighted by Crippen LogP contribution is 2.05. The van der Waals surface area contributed by atoms with E-state index in [1.54, 1.807) is 6.20 Å². The fraction of sp³-hybridized carbons (Fsp3) is 0.250. The Morgan fingerprint density at radius 2 is 2.45 bits per heavy atom. The summed E-state index contributed by atoms with van der Waals surface area (Å²) in [4.78, 5) is 4.08. The first-order chi connectivity index (χ1) is 5.34. The van der Waals surface area contributed by atoms with Crippen molar-refractivity contribution in [3.05, 3.63) is 30.1 Å². The zero-order valence-electron chi connectivity index (χ0n) is 6.28. The Morgan fingerprint density at radius 1 is 1.64 bits per heavy atom. The van der Waals surface area contributed by atoms with E-state index >= 15 is 0 Å². The van der Waals surface area contributed by atoms with Crippen molar-refractivity contribution in [1.29, 1.82) is 5.26 Å². The topological polar surface area (TPSA) is 48.7 Å². The molecule has 0 radical (unpaired) electrons. The van der Waals surface area contributed by atoms with Crippen LogP contribution < -0.4 is 5.32 Å². The summed E-state index contributed by atoms with van der Waals surface area (Å²) >= 11 is 0. The first-order valence-electron chi connectivity index (χ1n) is 3.40. The average Bonchev–Trinajstić information content (AvgIpc) is 2.07. The summed E-state index contributed by atoms with van der Waals surface area (Å²) in [6.45, 7) is 1.89. The number of nitriles is 1. The SMILES string of the molecule is C[C@H](NC#N)c1ccccn1. The summed E-state index contributed by atoms with van der Waals surface area (Å²) in [7, 11) is 0. The van der Waals surface area contributed by atoms with Crippen molar-refractivity contribution >= 4 is 0 Å². The molecular formula is C8H9N3. The summed E-state index contributed by atoms with van der Waals surface area (Å²) < 4.78 is 0. The largest absolute Gasteiger partial charge is 0.315 e. The molecule has 3 heteroatoms. The number of pyridine rings is 1.